The molecule has 4 rings (SSSR count). The van der Waals surface area contributed by atoms with Crippen LogP contribution in [0.25, 0.3) is 17.3 Å². The third-order valence-corrected chi connectivity index (χ3v) is 6.68. The highest BCUT2D eigenvalue weighted by molar-refractivity contribution is 5.96. The molecule has 3 N–H and O–H groups in total. The molecule has 5 nitrogen and oxygen atoms in total. The van der Waals surface area contributed by atoms with E-state index in [-0.39, 0.29) is 35.6 Å². The number of nitrogens with two attached hydrogens (primary N) is 1. The number of pyridine rings is 2. The van der Waals surface area contributed by atoms with Gasteiger partial charge >= 0.3 is 0 Å². The SMILES string of the molecule is C=Cc1ccc(F)c(-c2nc(C(=O)Cc3cnccc3[C@H]3C[C@@H](N)[C@H](O)[C@@H](C)C3)ccc2F)c1F. The highest BCUT2D eigenvalue weighted by Crippen LogP contribution is 2.37. The third-order valence-electron chi connectivity index (χ3n) is 6.68. The number of aliphatic hydroxyl groups is 1. The van der Waals surface area contributed by atoms with Crippen LogP contribution in [0.3, 0.4) is 0 Å². The van der Waals surface area contributed by atoms with Gasteiger partial charge in [0.05, 0.1) is 11.7 Å². The van der Waals surface area contributed by atoms with E-state index in [2.05, 4.69) is 16.5 Å². The number of hydrogen-bond donors (Lipinski definition) is 2. The Morgan fingerprint density at radius 1 is 1.17 bits per heavy atom. The lowest BCUT2D eigenvalue weighted by molar-refractivity contribution is 0.0519. The van der Waals surface area contributed by atoms with E-state index in [1.807, 2.05) is 13.0 Å². The van der Waals surface area contributed by atoms with Crippen molar-refractivity contribution in [3.63, 3.8) is 0 Å². The van der Waals surface area contributed by atoms with Crippen LogP contribution in [0.4, 0.5) is 13.2 Å². The molecule has 0 spiro atoms. The minimum absolute atomic E-state index is 0.00193. The van der Waals surface area contributed by atoms with E-state index in [1.165, 1.54) is 18.2 Å². The van der Waals surface area contributed by atoms with Crippen LogP contribution >= 0.6 is 0 Å². The molecule has 4 atom stereocenters. The second-order valence-corrected chi connectivity index (χ2v) is 9.03. The first-order valence-electron chi connectivity index (χ1n) is 11.4. The molecule has 0 saturated heterocycles. The van der Waals surface area contributed by atoms with Gasteiger partial charge in [-0.3, -0.25) is 9.78 Å². The van der Waals surface area contributed by atoms with Crippen LogP contribution in [0.15, 0.2) is 49.3 Å². The molecule has 2 aromatic heterocycles. The zero-order valence-corrected chi connectivity index (χ0v) is 19.2. The maximum absolute atomic E-state index is 14.8. The Hall–Kier alpha value is -3.36. The predicted molar refractivity (Wildman–Crippen MR) is 127 cm³/mol. The fourth-order valence-electron chi connectivity index (χ4n) is 4.79. The first-order valence-corrected chi connectivity index (χ1v) is 11.4. The Morgan fingerprint density at radius 2 is 1.91 bits per heavy atom. The van der Waals surface area contributed by atoms with Gasteiger partial charge in [-0.25, -0.2) is 18.2 Å². The molecule has 35 heavy (non-hydrogen) atoms. The Balaban J connectivity index is 1.66. The van der Waals surface area contributed by atoms with E-state index >= 15 is 0 Å². The number of ketones is 1. The minimum Gasteiger partial charge on any atom is -0.391 e. The average Bonchev–Trinajstić information content (AvgIpc) is 2.83. The number of aromatic nitrogens is 2. The zero-order chi connectivity index (χ0) is 25.3. The summed E-state index contributed by atoms with van der Waals surface area (Å²) in [5.74, 6) is -3.37. The lowest BCUT2D eigenvalue weighted by Gasteiger charge is -2.36. The molecule has 1 aliphatic rings. The van der Waals surface area contributed by atoms with Crippen molar-refractivity contribution in [3.8, 4) is 11.3 Å². The average molecular weight is 482 g/mol. The summed E-state index contributed by atoms with van der Waals surface area (Å²) in [6.45, 7) is 5.41. The maximum Gasteiger partial charge on any atom is 0.185 e. The van der Waals surface area contributed by atoms with Crippen molar-refractivity contribution in [3.05, 3.63) is 89.1 Å². The van der Waals surface area contributed by atoms with Gasteiger partial charge in [-0.15, -0.1) is 0 Å². The van der Waals surface area contributed by atoms with Crippen LogP contribution in [0.2, 0.25) is 0 Å². The predicted octanol–water partition coefficient (Wildman–Crippen LogP) is 4.83. The van der Waals surface area contributed by atoms with Crippen LogP contribution in [0.5, 0.6) is 0 Å². The van der Waals surface area contributed by atoms with E-state index in [4.69, 9.17) is 5.73 Å². The van der Waals surface area contributed by atoms with E-state index in [9.17, 15) is 23.1 Å². The van der Waals surface area contributed by atoms with Gasteiger partial charge in [0.25, 0.3) is 0 Å². The summed E-state index contributed by atoms with van der Waals surface area (Å²) in [4.78, 5) is 21.3. The summed E-state index contributed by atoms with van der Waals surface area (Å²) < 4.78 is 43.8. The second kappa shape index (κ2) is 10.1. The summed E-state index contributed by atoms with van der Waals surface area (Å²) in [6, 6.07) is 5.81. The Kier molecular flexibility index (Phi) is 7.14. The van der Waals surface area contributed by atoms with Gasteiger partial charge in [-0.1, -0.05) is 19.6 Å². The topological polar surface area (TPSA) is 89.1 Å². The molecule has 3 aromatic rings. The molecule has 8 heteroatoms. The fraction of sp³-hybridized carbons (Fsp3) is 0.296. The largest absolute Gasteiger partial charge is 0.391 e. The fourth-order valence-corrected chi connectivity index (χ4v) is 4.79. The highest BCUT2D eigenvalue weighted by Gasteiger charge is 2.34. The van der Waals surface area contributed by atoms with Crippen LogP contribution in [-0.2, 0) is 6.42 Å². The number of benzene rings is 1. The highest BCUT2D eigenvalue weighted by atomic mass is 19.1. The number of nitrogens with zero attached hydrogens (tertiary/aromatic N) is 2. The molecule has 0 amide bonds. The summed E-state index contributed by atoms with van der Waals surface area (Å²) in [5.41, 5.74) is 6.33. The summed E-state index contributed by atoms with van der Waals surface area (Å²) in [5, 5.41) is 10.2. The Labute approximate surface area is 201 Å². The van der Waals surface area contributed by atoms with Gasteiger partial charge in [-0.05, 0) is 66.1 Å². The van der Waals surface area contributed by atoms with Crippen molar-refractivity contribution in [2.75, 3.05) is 0 Å². The molecule has 0 radical (unpaired) electrons. The summed E-state index contributed by atoms with van der Waals surface area (Å²) >= 11 is 0. The second-order valence-electron chi connectivity index (χ2n) is 9.03. The van der Waals surface area contributed by atoms with E-state index in [0.29, 0.717) is 18.4 Å². The smallest absolute Gasteiger partial charge is 0.185 e. The van der Waals surface area contributed by atoms with Crippen molar-refractivity contribution in [1.29, 1.82) is 0 Å². The number of hydrogen-bond acceptors (Lipinski definition) is 5. The molecule has 1 aromatic carbocycles. The van der Waals surface area contributed by atoms with Crippen LogP contribution in [0, 0.1) is 23.4 Å². The summed E-state index contributed by atoms with van der Waals surface area (Å²) in [7, 11) is 0. The van der Waals surface area contributed by atoms with Crippen molar-refractivity contribution in [1.82, 2.24) is 9.97 Å². The van der Waals surface area contributed by atoms with Crippen molar-refractivity contribution in [2.45, 2.75) is 44.2 Å². The van der Waals surface area contributed by atoms with Crippen molar-refractivity contribution < 1.29 is 23.1 Å². The lowest BCUT2D eigenvalue weighted by Crippen LogP contribution is -2.44. The number of Topliss-reactive ketones (excluding diaryl/α,β-unsaturated/α-hetero) is 1. The van der Waals surface area contributed by atoms with Gasteiger partial charge in [0.1, 0.15) is 28.8 Å². The molecule has 0 aliphatic heterocycles. The molecule has 0 bridgehead atoms. The minimum atomic E-state index is -1.00. The molecular weight excluding hydrogens is 455 g/mol. The Morgan fingerprint density at radius 3 is 2.63 bits per heavy atom. The Bertz CT molecular complexity index is 1270. The van der Waals surface area contributed by atoms with Crippen LogP contribution in [-0.4, -0.2) is 33.0 Å². The number of rotatable bonds is 6. The van der Waals surface area contributed by atoms with Crippen molar-refractivity contribution in [2.24, 2.45) is 11.7 Å². The number of carbonyl (C=O) groups excluding carboxylic acids is 1. The molecular formula is C27H26F3N3O2. The first-order chi connectivity index (χ1) is 16.7. The van der Waals surface area contributed by atoms with Gasteiger partial charge in [0.2, 0.25) is 0 Å². The number of halogens is 3. The van der Waals surface area contributed by atoms with Crippen LogP contribution < -0.4 is 5.73 Å². The zero-order valence-electron chi connectivity index (χ0n) is 19.2. The van der Waals surface area contributed by atoms with E-state index in [1.54, 1.807) is 12.4 Å². The van der Waals surface area contributed by atoms with E-state index < -0.39 is 40.6 Å². The molecule has 182 valence electrons. The van der Waals surface area contributed by atoms with Crippen molar-refractivity contribution >= 4 is 11.9 Å². The summed E-state index contributed by atoms with van der Waals surface area (Å²) in [6.07, 6.45) is 5.02. The van der Waals surface area contributed by atoms with Gasteiger partial charge in [-0.2, -0.15) is 0 Å². The molecule has 2 heterocycles. The molecule has 0 unspecified atom stereocenters. The number of carbonyl (C=O) groups is 1. The molecule has 1 fully saturated rings. The quantitative estimate of drug-likeness (QED) is 0.493. The normalized spacial score (nSPS) is 22.1. The maximum atomic E-state index is 14.8. The van der Waals surface area contributed by atoms with Gasteiger partial charge < -0.3 is 10.8 Å². The molecule has 1 saturated carbocycles. The van der Waals surface area contributed by atoms with Gasteiger partial charge in [0.15, 0.2) is 5.78 Å². The van der Waals surface area contributed by atoms with Gasteiger partial charge in [0, 0.05) is 30.4 Å². The van der Waals surface area contributed by atoms with E-state index in [0.717, 1.165) is 17.7 Å². The molecule has 1 aliphatic carbocycles. The van der Waals surface area contributed by atoms with Crippen LogP contribution in [0.1, 0.15) is 52.9 Å². The standard InChI is InChI=1S/C27H26F3N3O2/c1-3-15-4-5-19(28)24(25(15)30)26-20(29)6-7-22(33-26)23(34)12-17-13-32-9-8-18(17)16-10-14(2)27(35)21(31)11-16/h3-9,13-14,16,21,27,35H,1,10-12,31H2,2H3/t14-,16+,21+,27+/m0/s1. The first kappa shape index (κ1) is 24.8. The monoisotopic (exact) mass is 481 g/mol. The number of aliphatic hydroxyl groups excluding tert-OH is 1. The lowest BCUT2D eigenvalue weighted by atomic mass is 9.74. The third kappa shape index (κ3) is 4.90.